The number of aryl methyl sites for hydroxylation is 1. The number of amides is 1. The van der Waals surface area contributed by atoms with Crippen LogP contribution in [0.25, 0.3) is 22.3 Å². The van der Waals surface area contributed by atoms with Crippen LogP contribution in [0.2, 0.25) is 5.02 Å². The molecular weight excluding hydrogens is 474 g/mol. The van der Waals surface area contributed by atoms with Crippen molar-refractivity contribution in [3.63, 3.8) is 0 Å². The summed E-state index contributed by atoms with van der Waals surface area (Å²) < 4.78 is 0. The van der Waals surface area contributed by atoms with Crippen molar-refractivity contribution >= 4 is 34.5 Å². The molecule has 0 saturated heterocycles. The lowest BCUT2D eigenvalue weighted by Gasteiger charge is -2.15. The largest absolute Gasteiger partial charge is 0.481 e. The second-order valence-electron chi connectivity index (χ2n) is 9.31. The number of nitrogens with zero attached hydrogens (tertiary/aromatic N) is 2. The van der Waals surface area contributed by atoms with Crippen LogP contribution in [0.5, 0.6) is 0 Å². The topological polar surface area (TPSA) is 92.2 Å². The standard InChI is InChI=1S/C29H26ClN3O3/c1-17(18-7-11-22(30)12-8-18)31-28(34)21-10-13-24-26(16-21)32-25(14-9-20-15-23(20)29(35)36)27(33-24)19-5-3-2-4-6-19/h2-8,10-13,16-17,20,23H,9,14-15H2,1H3,(H,31,34)(H,35,36)/t17-,20+,23+/m1/s1. The molecule has 36 heavy (non-hydrogen) atoms. The van der Waals surface area contributed by atoms with Gasteiger partial charge in [0.15, 0.2) is 0 Å². The summed E-state index contributed by atoms with van der Waals surface area (Å²) in [5.41, 5.74) is 5.39. The highest BCUT2D eigenvalue weighted by molar-refractivity contribution is 6.30. The Morgan fingerprint density at radius 2 is 1.78 bits per heavy atom. The number of benzene rings is 3. The van der Waals surface area contributed by atoms with E-state index in [4.69, 9.17) is 21.6 Å². The minimum absolute atomic E-state index is 0.176. The first-order chi connectivity index (χ1) is 17.4. The maximum absolute atomic E-state index is 13.0. The molecule has 0 radical (unpaired) electrons. The number of halogens is 1. The molecule has 0 spiro atoms. The van der Waals surface area contributed by atoms with E-state index in [1.807, 2.05) is 55.5 Å². The number of fused-ring (bicyclic) bond motifs is 1. The molecule has 1 amide bonds. The lowest BCUT2D eigenvalue weighted by Crippen LogP contribution is -2.26. The van der Waals surface area contributed by atoms with Gasteiger partial charge in [0, 0.05) is 16.1 Å². The van der Waals surface area contributed by atoms with E-state index < -0.39 is 5.97 Å². The van der Waals surface area contributed by atoms with Crippen molar-refractivity contribution in [1.29, 1.82) is 0 Å². The van der Waals surface area contributed by atoms with Gasteiger partial charge in [-0.1, -0.05) is 54.1 Å². The molecule has 4 aromatic rings. The third-order valence-electron chi connectivity index (χ3n) is 6.76. The van der Waals surface area contributed by atoms with Gasteiger partial charge >= 0.3 is 5.97 Å². The Morgan fingerprint density at radius 3 is 2.47 bits per heavy atom. The molecule has 1 aliphatic carbocycles. The highest BCUT2D eigenvalue weighted by Crippen LogP contribution is 2.42. The van der Waals surface area contributed by atoms with Crippen LogP contribution in [0.4, 0.5) is 0 Å². The molecule has 182 valence electrons. The third-order valence-corrected chi connectivity index (χ3v) is 7.01. The van der Waals surface area contributed by atoms with Crippen LogP contribution in [0.3, 0.4) is 0 Å². The Hall–Kier alpha value is -3.77. The number of carboxylic acid groups (broad SMARTS) is 1. The maximum atomic E-state index is 13.0. The van der Waals surface area contributed by atoms with Gasteiger partial charge in [0.25, 0.3) is 5.91 Å². The molecule has 5 rings (SSSR count). The fourth-order valence-corrected chi connectivity index (χ4v) is 4.67. The van der Waals surface area contributed by atoms with Gasteiger partial charge in [0.05, 0.1) is 34.4 Å². The zero-order valence-electron chi connectivity index (χ0n) is 19.8. The van der Waals surface area contributed by atoms with Gasteiger partial charge in [-0.3, -0.25) is 9.59 Å². The van der Waals surface area contributed by atoms with Gasteiger partial charge in [-0.2, -0.15) is 0 Å². The molecule has 1 aromatic heterocycles. The third kappa shape index (κ3) is 5.24. The van der Waals surface area contributed by atoms with Crippen molar-refractivity contribution in [2.24, 2.45) is 11.8 Å². The summed E-state index contributed by atoms with van der Waals surface area (Å²) in [4.78, 5) is 34.1. The van der Waals surface area contributed by atoms with Crippen molar-refractivity contribution in [3.8, 4) is 11.3 Å². The second kappa shape index (κ2) is 10.1. The van der Waals surface area contributed by atoms with Crippen LogP contribution in [-0.2, 0) is 11.2 Å². The average molecular weight is 500 g/mol. The van der Waals surface area contributed by atoms with Gasteiger partial charge < -0.3 is 10.4 Å². The van der Waals surface area contributed by atoms with Crippen LogP contribution < -0.4 is 5.32 Å². The normalized spacial score (nSPS) is 17.5. The summed E-state index contributed by atoms with van der Waals surface area (Å²) >= 11 is 5.97. The fraction of sp³-hybridized carbons (Fsp3) is 0.241. The van der Waals surface area contributed by atoms with Gasteiger partial charge in [-0.15, -0.1) is 0 Å². The number of carbonyl (C=O) groups is 2. The monoisotopic (exact) mass is 499 g/mol. The lowest BCUT2D eigenvalue weighted by molar-refractivity contribution is -0.138. The predicted octanol–water partition coefficient (Wildman–Crippen LogP) is 6.09. The minimum Gasteiger partial charge on any atom is -0.481 e. The Labute approximate surface area is 214 Å². The Bertz CT molecular complexity index is 1420. The first-order valence-electron chi connectivity index (χ1n) is 12.0. The number of carboxylic acids is 1. The molecule has 6 nitrogen and oxygen atoms in total. The van der Waals surface area contributed by atoms with Crippen LogP contribution in [0.15, 0.2) is 72.8 Å². The summed E-state index contributed by atoms with van der Waals surface area (Å²) in [5.74, 6) is -1.000. The Kier molecular flexibility index (Phi) is 6.70. The molecule has 1 saturated carbocycles. The quantitative estimate of drug-likeness (QED) is 0.306. The summed E-state index contributed by atoms with van der Waals surface area (Å²) in [6.45, 7) is 1.93. The number of aliphatic carboxylic acids is 1. The zero-order valence-corrected chi connectivity index (χ0v) is 20.6. The van der Waals surface area contributed by atoms with Crippen molar-refractivity contribution in [2.75, 3.05) is 0 Å². The average Bonchev–Trinajstić information content (AvgIpc) is 3.67. The van der Waals surface area contributed by atoms with Crippen molar-refractivity contribution in [3.05, 3.63) is 94.6 Å². The van der Waals surface area contributed by atoms with E-state index in [1.54, 1.807) is 24.3 Å². The molecule has 1 heterocycles. The molecule has 2 N–H and O–H groups in total. The predicted molar refractivity (Wildman–Crippen MR) is 140 cm³/mol. The minimum atomic E-state index is -0.726. The molecule has 0 aliphatic heterocycles. The van der Waals surface area contributed by atoms with Crippen LogP contribution in [-0.4, -0.2) is 27.0 Å². The Balaban J connectivity index is 1.42. The molecular formula is C29H26ClN3O3. The van der Waals surface area contributed by atoms with Crippen LogP contribution in [0, 0.1) is 11.8 Å². The number of carbonyl (C=O) groups excluding carboxylic acids is 1. The molecule has 0 bridgehead atoms. The summed E-state index contributed by atoms with van der Waals surface area (Å²) in [5, 5.41) is 12.9. The summed E-state index contributed by atoms with van der Waals surface area (Å²) in [6.07, 6.45) is 2.09. The molecule has 3 aromatic carbocycles. The summed E-state index contributed by atoms with van der Waals surface area (Å²) in [6, 6.07) is 22.4. The first-order valence-corrected chi connectivity index (χ1v) is 12.4. The van der Waals surface area contributed by atoms with E-state index in [9.17, 15) is 14.7 Å². The molecule has 0 unspecified atom stereocenters. The fourth-order valence-electron chi connectivity index (χ4n) is 4.54. The van der Waals surface area contributed by atoms with Crippen molar-refractivity contribution in [2.45, 2.75) is 32.2 Å². The zero-order chi connectivity index (χ0) is 25.2. The van der Waals surface area contributed by atoms with E-state index in [0.29, 0.717) is 34.5 Å². The smallest absolute Gasteiger partial charge is 0.306 e. The first kappa shape index (κ1) is 23.9. The van der Waals surface area contributed by atoms with Crippen LogP contribution in [0.1, 0.15) is 47.4 Å². The van der Waals surface area contributed by atoms with E-state index >= 15 is 0 Å². The number of nitrogens with one attached hydrogen (secondary N) is 1. The number of rotatable bonds is 8. The van der Waals surface area contributed by atoms with Gasteiger partial charge in [0.1, 0.15) is 0 Å². The van der Waals surface area contributed by atoms with E-state index in [0.717, 1.165) is 28.9 Å². The number of hydrogen-bond donors (Lipinski definition) is 2. The van der Waals surface area contributed by atoms with Crippen LogP contribution >= 0.6 is 11.6 Å². The lowest BCUT2D eigenvalue weighted by atomic mass is 10.0. The Morgan fingerprint density at radius 1 is 1.03 bits per heavy atom. The number of hydrogen-bond acceptors (Lipinski definition) is 4. The summed E-state index contributed by atoms with van der Waals surface area (Å²) in [7, 11) is 0. The van der Waals surface area contributed by atoms with Gasteiger partial charge in [0.2, 0.25) is 0 Å². The highest BCUT2D eigenvalue weighted by Gasteiger charge is 2.42. The SMILES string of the molecule is C[C@@H](NC(=O)c1ccc2nc(-c3ccccc3)c(CC[C@H]3C[C@@H]3C(=O)O)nc2c1)c1ccc(Cl)cc1. The van der Waals surface area contributed by atoms with Gasteiger partial charge in [-0.05, 0) is 68.0 Å². The van der Waals surface area contributed by atoms with Gasteiger partial charge in [-0.25, -0.2) is 9.97 Å². The van der Waals surface area contributed by atoms with E-state index in [-0.39, 0.29) is 23.8 Å². The van der Waals surface area contributed by atoms with E-state index in [1.165, 1.54) is 0 Å². The number of aromatic nitrogens is 2. The maximum Gasteiger partial charge on any atom is 0.306 e. The second-order valence-corrected chi connectivity index (χ2v) is 9.75. The molecule has 7 heteroatoms. The molecule has 1 fully saturated rings. The highest BCUT2D eigenvalue weighted by atomic mass is 35.5. The molecule has 1 aliphatic rings. The van der Waals surface area contributed by atoms with Crippen molar-refractivity contribution in [1.82, 2.24) is 15.3 Å². The molecule has 3 atom stereocenters. The van der Waals surface area contributed by atoms with E-state index in [2.05, 4.69) is 5.32 Å². The van der Waals surface area contributed by atoms with Crippen molar-refractivity contribution < 1.29 is 14.7 Å².